The minimum Gasteiger partial charge on any atom is -0.362 e. The fourth-order valence-electron chi connectivity index (χ4n) is 3.60. The van der Waals surface area contributed by atoms with Crippen LogP contribution in [0.4, 0.5) is 37.8 Å². The van der Waals surface area contributed by atoms with Gasteiger partial charge in [0, 0.05) is 12.1 Å². The molecule has 2 N–H and O–H groups in total. The predicted octanol–water partition coefficient (Wildman–Crippen LogP) is 6.58. The monoisotopic (exact) mass is 532 g/mol. The van der Waals surface area contributed by atoms with E-state index in [2.05, 4.69) is 31.7 Å². The molecular formula is C21H15BrF6N4O. The number of alkyl halides is 6. The van der Waals surface area contributed by atoms with Crippen LogP contribution in [0.1, 0.15) is 40.1 Å². The summed E-state index contributed by atoms with van der Waals surface area (Å²) in [6.45, 7) is 0. The molecule has 0 aliphatic carbocycles. The molecule has 0 radical (unpaired) electrons. The van der Waals surface area contributed by atoms with Crippen molar-refractivity contribution in [3.05, 3.63) is 75.9 Å². The molecule has 0 spiro atoms. The van der Waals surface area contributed by atoms with Gasteiger partial charge in [-0.3, -0.25) is 4.79 Å². The molecule has 174 valence electrons. The van der Waals surface area contributed by atoms with E-state index in [1.54, 1.807) is 30.3 Å². The van der Waals surface area contributed by atoms with Crippen LogP contribution < -0.4 is 10.6 Å². The van der Waals surface area contributed by atoms with Crippen LogP contribution in [-0.4, -0.2) is 21.9 Å². The third-order valence-electron chi connectivity index (χ3n) is 5.16. The average Bonchev–Trinajstić information content (AvgIpc) is 3.09. The number of hydrogen-bond acceptors (Lipinski definition) is 3. The van der Waals surface area contributed by atoms with Gasteiger partial charge in [0.2, 0.25) is 0 Å². The van der Waals surface area contributed by atoms with Crippen LogP contribution >= 0.6 is 15.9 Å². The lowest BCUT2D eigenvalue weighted by molar-refractivity contribution is -0.173. The van der Waals surface area contributed by atoms with Gasteiger partial charge in [0.15, 0.2) is 11.7 Å². The van der Waals surface area contributed by atoms with Crippen LogP contribution in [0.3, 0.4) is 0 Å². The Kier molecular flexibility index (Phi) is 5.89. The van der Waals surface area contributed by atoms with E-state index in [-0.39, 0.29) is 22.4 Å². The Hall–Kier alpha value is -3.02. The topological polar surface area (TPSA) is 59.0 Å². The van der Waals surface area contributed by atoms with Crippen LogP contribution in [0, 0.1) is 0 Å². The lowest BCUT2D eigenvalue weighted by atomic mass is 9.97. The van der Waals surface area contributed by atoms with E-state index in [0.717, 1.165) is 18.2 Å². The molecule has 0 fully saturated rings. The molecule has 1 aliphatic heterocycles. The number of nitrogens with one attached hydrogen (secondary N) is 2. The van der Waals surface area contributed by atoms with E-state index in [1.165, 1.54) is 6.07 Å². The number of hydrogen-bond donors (Lipinski definition) is 2. The Morgan fingerprint density at radius 2 is 1.76 bits per heavy atom. The van der Waals surface area contributed by atoms with Crippen LogP contribution in [-0.2, 0) is 6.18 Å². The smallest absolute Gasteiger partial charge is 0.362 e. The summed E-state index contributed by atoms with van der Waals surface area (Å²) in [5.74, 6) is -1.01. The normalized spacial score (nSPS) is 18.4. The van der Waals surface area contributed by atoms with E-state index in [0.29, 0.717) is 10.2 Å². The maximum Gasteiger partial charge on any atom is 0.416 e. The molecule has 1 aromatic heterocycles. The number of benzene rings is 2. The van der Waals surface area contributed by atoms with Gasteiger partial charge in [-0.25, -0.2) is 4.68 Å². The molecule has 4 rings (SSSR count). The van der Waals surface area contributed by atoms with Crippen molar-refractivity contribution in [2.24, 2.45) is 0 Å². The summed E-state index contributed by atoms with van der Waals surface area (Å²) in [5.41, 5.74) is -0.915. The van der Waals surface area contributed by atoms with Crippen molar-refractivity contribution in [1.82, 2.24) is 9.78 Å². The van der Waals surface area contributed by atoms with Crippen molar-refractivity contribution >= 4 is 33.3 Å². The molecule has 0 unspecified atom stereocenters. The molecule has 3 aromatic rings. The van der Waals surface area contributed by atoms with Gasteiger partial charge in [0.1, 0.15) is 5.82 Å². The second-order valence-corrected chi connectivity index (χ2v) is 8.18. The van der Waals surface area contributed by atoms with Gasteiger partial charge >= 0.3 is 12.4 Å². The second kappa shape index (κ2) is 8.40. The summed E-state index contributed by atoms with van der Waals surface area (Å²) >= 11 is 3.14. The van der Waals surface area contributed by atoms with Crippen LogP contribution in [0.5, 0.6) is 0 Å². The largest absolute Gasteiger partial charge is 0.416 e. The highest BCUT2D eigenvalue weighted by molar-refractivity contribution is 9.10. The lowest BCUT2D eigenvalue weighted by Gasteiger charge is -2.33. The molecule has 0 saturated carbocycles. The number of nitrogens with zero attached hydrogens (tertiary/aromatic N) is 2. The number of anilines is 2. The summed E-state index contributed by atoms with van der Waals surface area (Å²) < 4.78 is 81.0. The maximum absolute atomic E-state index is 13.8. The predicted molar refractivity (Wildman–Crippen MR) is 112 cm³/mol. The van der Waals surface area contributed by atoms with Gasteiger partial charge < -0.3 is 10.6 Å². The molecule has 12 heteroatoms. The fourth-order valence-corrected chi connectivity index (χ4v) is 4.16. The van der Waals surface area contributed by atoms with Gasteiger partial charge in [-0.15, -0.1) is 0 Å². The first-order valence-electron chi connectivity index (χ1n) is 9.60. The van der Waals surface area contributed by atoms with Gasteiger partial charge in [-0.2, -0.15) is 31.4 Å². The molecule has 2 aromatic carbocycles. The minimum absolute atomic E-state index is 0.0261. The molecule has 2 atom stereocenters. The minimum atomic E-state index is -4.65. The van der Waals surface area contributed by atoms with Crippen molar-refractivity contribution in [2.45, 2.75) is 30.9 Å². The van der Waals surface area contributed by atoms with Crippen LogP contribution in [0.25, 0.3) is 0 Å². The van der Waals surface area contributed by atoms with Crippen LogP contribution in [0.2, 0.25) is 0 Å². The summed E-state index contributed by atoms with van der Waals surface area (Å²) in [5, 5.41) is 9.09. The Morgan fingerprint density at radius 3 is 2.39 bits per heavy atom. The van der Waals surface area contributed by atoms with E-state index in [4.69, 9.17) is 0 Å². The SMILES string of the molecule is O=C(Nc1cccc(C(F)(F)F)c1)c1nn2c(c1Br)N[C@H](c1ccccc1)C[C@@H]2C(F)(F)F. The van der Waals surface area contributed by atoms with Gasteiger partial charge in [-0.05, 0) is 39.7 Å². The highest BCUT2D eigenvalue weighted by Gasteiger charge is 2.47. The molecule has 33 heavy (non-hydrogen) atoms. The summed E-state index contributed by atoms with van der Waals surface area (Å²) in [6.07, 6.45) is -9.63. The molecule has 0 bridgehead atoms. The quantitative estimate of drug-likeness (QED) is 0.375. The van der Waals surface area contributed by atoms with E-state index >= 15 is 0 Å². The number of fused-ring (bicyclic) bond motifs is 1. The fraction of sp³-hybridized carbons (Fsp3) is 0.238. The number of halogens is 7. The molecule has 0 saturated heterocycles. The second-order valence-electron chi connectivity index (χ2n) is 7.39. The molecule has 5 nitrogen and oxygen atoms in total. The summed E-state index contributed by atoms with van der Waals surface area (Å²) in [7, 11) is 0. The number of carbonyl (C=O) groups is 1. The molecular weight excluding hydrogens is 518 g/mol. The lowest BCUT2D eigenvalue weighted by Crippen LogP contribution is -2.35. The van der Waals surface area contributed by atoms with Crippen molar-refractivity contribution in [2.75, 3.05) is 10.6 Å². The number of carbonyl (C=O) groups excluding carboxylic acids is 1. The van der Waals surface area contributed by atoms with E-state index < -0.39 is 41.6 Å². The third-order valence-corrected chi connectivity index (χ3v) is 5.91. The number of rotatable bonds is 3. The Labute approximate surface area is 191 Å². The van der Waals surface area contributed by atoms with E-state index in [9.17, 15) is 31.1 Å². The van der Waals surface area contributed by atoms with E-state index in [1.807, 2.05) is 0 Å². The summed E-state index contributed by atoms with van der Waals surface area (Å²) in [6, 6.07) is 9.72. The Bertz CT molecular complexity index is 1180. The molecule has 1 aliphatic rings. The Balaban J connectivity index is 1.68. The zero-order chi connectivity index (χ0) is 24.0. The van der Waals surface area contributed by atoms with Crippen molar-refractivity contribution in [3.8, 4) is 0 Å². The molecule has 1 amide bonds. The first-order valence-corrected chi connectivity index (χ1v) is 10.4. The summed E-state index contributed by atoms with van der Waals surface area (Å²) in [4.78, 5) is 12.7. The van der Waals surface area contributed by atoms with Crippen LogP contribution in [0.15, 0.2) is 59.1 Å². The van der Waals surface area contributed by atoms with Crippen molar-refractivity contribution in [1.29, 1.82) is 0 Å². The zero-order valence-electron chi connectivity index (χ0n) is 16.5. The third kappa shape index (κ3) is 4.70. The maximum atomic E-state index is 13.8. The average molecular weight is 533 g/mol. The standard InChI is InChI=1S/C21H15BrF6N4O/c22-16-17(19(33)29-13-8-4-7-12(9-13)20(23,24)25)31-32-15(21(26,27)28)10-14(30-18(16)32)11-5-2-1-3-6-11/h1-9,14-15,30H,10H2,(H,29,33)/t14-,15+/m0/s1. The van der Waals surface area contributed by atoms with Gasteiger partial charge in [0.05, 0.1) is 16.1 Å². The Morgan fingerprint density at radius 1 is 1.06 bits per heavy atom. The highest BCUT2D eigenvalue weighted by Crippen LogP contribution is 2.46. The van der Waals surface area contributed by atoms with Crippen molar-refractivity contribution in [3.63, 3.8) is 0 Å². The first kappa shape index (κ1) is 23.1. The van der Waals surface area contributed by atoms with Crippen molar-refractivity contribution < 1.29 is 31.1 Å². The number of aromatic nitrogens is 2. The van der Waals surface area contributed by atoms with Gasteiger partial charge in [-0.1, -0.05) is 36.4 Å². The zero-order valence-corrected chi connectivity index (χ0v) is 18.1. The highest BCUT2D eigenvalue weighted by atomic mass is 79.9. The number of amides is 1. The first-order chi connectivity index (χ1) is 15.4. The van der Waals surface area contributed by atoms with Gasteiger partial charge in [0.25, 0.3) is 5.91 Å². The molecule has 2 heterocycles.